The molecule has 9 heteroatoms. The quantitative estimate of drug-likeness (QED) is 0.156. The lowest BCUT2D eigenvalue weighted by Crippen LogP contribution is -2.57. The van der Waals surface area contributed by atoms with Crippen LogP contribution in [0.4, 0.5) is 0 Å². The summed E-state index contributed by atoms with van der Waals surface area (Å²) in [5.41, 5.74) is 5.06. The van der Waals surface area contributed by atoms with Crippen LogP contribution in [0.5, 0.6) is 5.75 Å². The van der Waals surface area contributed by atoms with Crippen LogP contribution in [0.3, 0.4) is 0 Å². The Bertz CT molecular complexity index is 1370. The molecule has 7 nitrogen and oxygen atoms in total. The Kier molecular flexibility index (Phi) is 10.2. The maximum atomic E-state index is 13.7. The van der Waals surface area contributed by atoms with E-state index in [4.69, 9.17) is 16.3 Å². The van der Waals surface area contributed by atoms with Crippen molar-refractivity contribution in [3.63, 3.8) is 0 Å². The number of rotatable bonds is 12. The first-order valence-electron chi connectivity index (χ1n) is 13.8. The molecule has 40 heavy (non-hydrogen) atoms. The van der Waals surface area contributed by atoms with E-state index in [1.54, 1.807) is 17.6 Å². The number of nitrogens with one attached hydrogen (secondary N) is 1. The van der Waals surface area contributed by atoms with Crippen molar-refractivity contribution in [2.75, 3.05) is 26.2 Å². The number of carbonyl (C=O) groups is 1. The largest absolute Gasteiger partial charge is 0.494 e. The van der Waals surface area contributed by atoms with Crippen molar-refractivity contribution in [2.45, 2.75) is 55.1 Å². The van der Waals surface area contributed by atoms with E-state index in [0.717, 1.165) is 43.4 Å². The Morgan fingerprint density at radius 2 is 1.70 bits per heavy atom. The fraction of sp³-hybridized carbons (Fsp3) is 0.387. The molecule has 0 atom stereocenters. The number of sulfone groups is 1. The van der Waals surface area contributed by atoms with Gasteiger partial charge in [0.1, 0.15) is 5.75 Å². The molecule has 1 aliphatic rings. The number of aryl methyl sites for hydroxylation is 1. The highest BCUT2D eigenvalue weighted by molar-refractivity contribution is 7.93. The number of hydrogen-bond acceptors (Lipinski definition) is 6. The van der Waals surface area contributed by atoms with Crippen molar-refractivity contribution in [3.8, 4) is 16.9 Å². The number of halogens is 1. The Hall–Kier alpha value is -2.91. The van der Waals surface area contributed by atoms with Crippen LogP contribution in [-0.2, 0) is 21.1 Å². The van der Waals surface area contributed by atoms with Gasteiger partial charge in [-0.15, -0.1) is 0 Å². The minimum Gasteiger partial charge on any atom is -0.494 e. The van der Waals surface area contributed by atoms with Gasteiger partial charge in [0, 0.05) is 18.1 Å². The van der Waals surface area contributed by atoms with Gasteiger partial charge in [0.05, 0.1) is 11.5 Å². The SMILES string of the molecule is CCCCN1CCC(C(=O)NO)(S(=O)(=O)c2ccc(OCCCc3cccc(-c4ccc(Cl)cc4)c3)cc2)CC1. The number of carbonyl (C=O) groups excluding carboxylic acids is 1. The third-order valence-electron chi connectivity index (χ3n) is 7.64. The zero-order valence-corrected chi connectivity index (χ0v) is 24.4. The number of amides is 1. The molecule has 0 saturated carbocycles. The van der Waals surface area contributed by atoms with Crippen molar-refractivity contribution >= 4 is 27.3 Å². The van der Waals surface area contributed by atoms with E-state index >= 15 is 0 Å². The normalized spacial score (nSPS) is 15.5. The Morgan fingerprint density at radius 1 is 1.00 bits per heavy atom. The Balaban J connectivity index is 1.35. The van der Waals surface area contributed by atoms with E-state index in [-0.39, 0.29) is 17.7 Å². The van der Waals surface area contributed by atoms with Gasteiger partial charge in [-0.3, -0.25) is 10.0 Å². The van der Waals surface area contributed by atoms with Crippen LogP contribution in [0.1, 0.15) is 44.6 Å². The second-order valence-electron chi connectivity index (χ2n) is 10.3. The first kappa shape index (κ1) is 30.1. The molecule has 1 amide bonds. The number of likely N-dealkylation sites (tertiary alicyclic amines) is 1. The zero-order valence-electron chi connectivity index (χ0n) is 22.8. The first-order valence-corrected chi connectivity index (χ1v) is 15.6. The van der Waals surface area contributed by atoms with Crippen LogP contribution in [-0.4, -0.2) is 55.4 Å². The van der Waals surface area contributed by atoms with Crippen molar-refractivity contribution in [1.29, 1.82) is 0 Å². The number of nitrogens with zero attached hydrogens (tertiary/aromatic N) is 1. The van der Waals surface area contributed by atoms with E-state index in [9.17, 15) is 18.4 Å². The molecule has 1 heterocycles. The average molecular weight is 585 g/mol. The molecule has 0 unspecified atom stereocenters. The minimum atomic E-state index is -4.05. The van der Waals surface area contributed by atoms with Gasteiger partial charge in [-0.2, -0.15) is 0 Å². The van der Waals surface area contributed by atoms with Gasteiger partial charge >= 0.3 is 0 Å². The van der Waals surface area contributed by atoms with Gasteiger partial charge in [-0.25, -0.2) is 13.9 Å². The van der Waals surface area contributed by atoms with E-state index < -0.39 is 20.5 Å². The van der Waals surface area contributed by atoms with Gasteiger partial charge < -0.3 is 9.64 Å². The second kappa shape index (κ2) is 13.6. The Labute approximate surface area is 242 Å². The summed E-state index contributed by atoms with van der Waals surface area (Å²) in [5, 5.41) is 10.1. The smallest absolute Gasteiger partial charge is 0.265 e. The number of unbranched alkanes of at least 4 members (excludes halogenated alkanes) is 1. The highest BCUT2D eigenvalue weighted by Crippen LogP contribution is 2.36. The molecule has 1 aliphatic heterocycles. The molecule has 0 aromatic heterocycles. The summed E-state index contributed by atoms with van der Waals surface area (Å²) in [6, 6.07) is 22.3. The maximum absolute atomic E-state index is 13.7. The molecule has 3 aromatic carbocycles. The lowest BCUT2D eigenvalue weighted by atomic mass is 9.94. The summed E-state index contributed by atoms with van der Waals surface area (Å²) in [4.78, 5) is 14.9. The zero-order chi connectivity index (χ0) is 28.6. The number of hydrogen-bond donors (Lipinski definition) is 2. The summed E-state index contributed by atoms with van der Waals surface area (Å²) < 4.78 is 31.5. The van der Waals surface area contributed by atoms with Crippen LogP contribution in [0.25, 0.3) is 11.1 Å². The van der Waals surface area contributed by atoms with E-state index in [2.05, 4.69) is 30.0 Å². The standard InChI is InChI=1S/C31H37ClN2O5S/c1-2-3-19-34-20-17-31(18-21-34,30(35)33-36)40(37,38)29-15-13-28(14-16-29)39-22-5-7-24-6-4-8-26(23-24)25-9-11-27(32)12-10-25/h4,6,8-16,23,36H,2-3,5,7,17-22H2,1H3,(H,33,35). The van der Waals surface area contributed by atoms with E-state index in [0.29, 0.717) is 30.5 Å². The van der Waals surface area contributed by atoms with Crippen LogP contribution in [0.15, 0.2) is 77.7 Å². The summed E-state index contributed by atoms with van der Waals surface area (Å²) in [6.07, 6.45) is 3.94. The van der Waals surface area contributed by atoms with Crippen LogP contribution < -0.4 is 10.2 Å². The van der Waals surface area contributed by atoms with Crippen LogP contribution >= 0.6 is 11.6 Å². The topological polar surface area (TPSA) is 95.9 Å². The Morgan fingerprint density at radius 3 is 2.35 bits per heavy atom. The highest BCUT2D eigenvalue weighted by atomic mass is 35.5. The third-order valence-corrected chi connectivity index (χ3v) is 10.4. The summed E-state index contributed by atoms with van der Waals surface area (Å²) in [7, 11) is -4.05. The predicted molar refractivity (Wildman–Crippen MR) is 158 cm³/mol. The molecule has 2 N–H and O–H groups in total. The molecule has 0 aliphatic carbocycles. The third kappa shape index (κ3) is 6.86. The molecule has 0 radical (unpaired) electrons. The highest BCUT2D eigenvalue weighted by Gasteiger charge is 2.52. The predicted octanol–water partition coefficient (Wildman–Crippen LogP) is 5.93. The first-order chi connectivity index (χ1) is 19.3. The molecule has 0 bridgehead atoms. The molecule has 4 rings (SSSR count). The van der Waals surface area contributed by atoms with Crippen molar-refractivity contribution in [2.24, 2.45) is 0 Å². The molecule has 0 spiro atoms. The monoisotopic (exact) mass is 584 g/mol. The van der Waals surface area contributed by atoms with Crippen molar-refractivity contribution < 1.29 is 23.2 Å². The van der Waals surface area contributed by atoms with Crippen LogP contribution in [0.2, 0.25) is 5.02 Å². The van der Waals surface area contributed by atoms with Gasteiger partial charge in [0.2, 0.25) is 0 Å². The van der Waals surface area contributed by atoms with Crippen molar-refractivity contribution in [3.05, 3.63) is 83.4 Å². The summed E-state index contributed by atoms with van der Waals surface area (Å²) in [6.45, 7) is 4.41. The minimum absolute atomic E-state index is 0.0458. The summed E-state index contributed by atoms with van der Waals surface area (Å²) >= 11 is 6.00. The number of benzene rings is 3. The lowest BCUT2D eigenvalue weighted by molar-refractivity contribution is -0.133. The fourth-order valence-electron chi connectivity index (χ4n) is 5.19. The fourth-order valence-corrected chi connectivity index (χ4v) is 7.28. The second-order valence-corrected chi connectivity index (χ2v) is 13.0. The van der Waals surface area contributed by atoms with Gasteiger partial charge in [-0.1, -0.05) is 61.3 Å². The number of ether oxygens (including phenoxy) is 1. The van der Waals surface area contributed by atoms with E-state index in [1.165, 1.54) is 17.7 Å². The number of hydroxylamine groups is 1. The molecule has 214 valence electrons. The maximum Gasteiger partial charge on any atom is 0.265 e. The molecule has 1 fully saturated rings. The van der Waals surface area contributed by atoms with Crippen LogP contribution in [0, 0.1) is 0 Å². The van der Waals surface area contributed by atoms with Crippen molar-refractivity contribution in [1.82, 2.24) is 10.4 Å². The van der Waals surface area contributed by atoms with E-state index in [1.807, 2.05) is 30.3 Å². The van der Waals surface area contributed by atoms with Gasteiger partial charge in [0.25, 0.3) is 5.91 Å². The molecular weight excluding hydrogens is 548 g/mol. The van der Waals surface area contributed by atoms with Gasteiger partial charge in [-0.05, 0) is 91.7 Å². The molecule has 1 saturated heterocycles. The lowest BCUT2D eigenvalue weighted by Gasteiger charge is -2.39. The van der Waals surface area contributed by atoms with Gasteiger partial charge in [0.15, 0.2) is 14.6 Å². The molecule has 3 aromatic rings. The number of piperidine rings is 1. The average Bonchev–Trinajstić information content (AvgIpc) is 2.98. The molecular formula is C31H37ClN2O5S. The summed E-state index contributed by atoms with van der Waals surface area (Å²) in [5.74, 6) is -0.313.